The van der Waals surface area contributed by atoms with E-state index >= 15 is 0 Å². The number of nitrogens with zero attached hydrogens (tertiary/aromatic N) is 3. The summed E-state index contributed by atoms with van der Waals surface area (Å²) >= 11 is 0. The fourth-order valence-electron chi connectivity index (χ4n) is 4.79. The molecule has 1 unspecified atom stereocenters. The van der Waals surface area contributed by atoms with Gasteiger partial charge in [0, 0.05) is 38.8 Å². The average molecular weight is 366 g/mol. The van der Waals surface area contributed by atoms with Crippen molar-refractivity contribution < 1.29 is 14.3 Å². The standard InChI is InChI=1S/C20H35N3O3/c1-5-21-14-10-20(17(21)24)9-6-11-23(15-20)16-7-12-22(13-8-16)18(25)26-19(2,3)4/h16H,5-15H2,1-4H3. The smallest absolute Gasteiger partial charge is 0.410 e. The van der Waals surface area contributed by atoms with Crippen LogP contribution >= 0.6 is 0 Å². The zero-order valence-corrected chi connectivity index (χ0v) is 16.9. The van der Waals surface area contributed by atoms with Crippen LogP contribution in [0.2, 0.25) is 0 Å². The van der Waals surface area contributed by atoms with Crippen molar-refractivity contribution in [3.63, 3.8) is 0 Å². The highest BCUT2D eigenvalue weighted by Gasteiger charge is 2.49. The second-order valence-electron chi connectivity index (χ2n) is 9.19. The summed E-state index contributed by atoms with van der Waals surface area (Å²) in [6.07, 6.45) is 4.90. The van der Waals surface area contributed by atoms with Gasteiger partial charge in [-0.15, -0.1) is 0 Å². The van der Waals surface area contributed by atoms with E-state index in [4.69, 9.17) is 4.74 Å². The van der Waals surface area contributed by atoms with E-state index in [1.165, 1.54) is 0 Å². The zero-order valence-electron chi connectivity index (χ0n) is 16.9. The number of carbonyl (C=O) groups excluding carboxylic acids is 2. The predicted molar refractivity (Wildman–Crippen MR) is 101 cm³/mol. The molecule has 0 saturated carbocycles. The fraction of sp³-hybridized carbons (Fsp3) is 0.900. The number of amides is 2. The largest absolute Gasteiger partial charge is 0.444 e. The van der Waals surface area contributed by atoms with Crippen LogP contribution in [0.25, 0.3) is 0 Å². The van der Waals surface area contributed by atoms with Crippen molar-refractivity contribution in [3.8, 4) is 0 Å². The first-order chi connectivity index (χ1) is 12.2. The normalized spacial score (nSPS) is 28.8. The van der Waals surface area contributed by atoms with Crippen molar-refractivity contribution >= 4 is 12.0 Å². The molecule has 6 heteroatoms. The molecule has 6 nitrogen and oxygen atoms in total. The Morgan fingerprint density at radius 1 is 1.15 bits per heavy atom. The van der Waals surface area contributed by atoms with Crippen molar-refractivity contribution in [3.05, 3.63) is 0 Å². The number of ether oxygens (including phenoxy) is 1. The third kappa shape index (κ3) is 4.00. The van der Waals surface area contributed by atoms with E-state index in [1.54, 1.807) is 0 Å². The van der Waals surface area contributed by atoms with Gasteiger partial charge < -0.3 is 14.5 Å². The Bertz CT molecular complexity index is 537. The minimum atomic E-state index is -0.443. The number of piperidine rings is 2. The predicted octanol–water partition coefficient (Wildman–Crippen LogP) is 2.72. The van der Waals surface area contributed by atoms with Gasteiger partial charge in [0.2, 0.25) is 5.91 Å². The zero-order chi connectivity index (χ0) is 18.9. The van der Waals surface area contributed by atoms with Crippen LogP contribution in [0.1, 0.15) is 59.8 Å². The molecule has 148 valence electrons. The molecule has 0 aliphatic carbocycles. The Morgan fingerprint density at radius 2 is 1.85 bits per heavy atom. The quantitative estimate of drug-likeness (QED) is 0.755. The molecule has 1 spiro atoms. The highest BCUT2D eigenvalue weighted by molar-refractivity contribution is 5.85. The third-order valence-corrected chi connectivity index (χ3v) is 6.22. The topological polar surface area (TPSA) is 53.1 Å². The van der Waals surface area contributed by atoms with Gasteiger partial charge in [-0.3, -0.25) is 9.69 Å². The molecule has 3 fully saturated rings. The van der Waals surface area contributed by atoms with E-state index in [2.05, 4.69) is 11.8 Å². The second kappa shape index (κ2) is 7.37. The molecule has 3 heterocycles. The second-order valence-corrected chi connectivity index (χ2v) is 9.19. The summed E-state index contributed by atoms with van der Waals surface area (Å²) < 4.78 is 5.50. The molecule has 3 aliphatic rings. The van der Waals surface area contributed by atoms with Gasteiger partial charge in [0.1, 0.15) is 5.60 Å². The molecule has 3 rings (SSSR count). The summed E-state index contributed by atoms with van der Waals surface area (Å²) in [4.78, 5) is 31.5. The number of carbonyl (C=O) groups is 2. The van der Waals surface area contributed by atoms with Crippen LogP contribution in [0.3, 0.4) is 0 Å². The molecular formula is C20H35N3O3. The van der Waals surface area contributed by atoms with Gasteiger partial charge >= 0.3 is 6.09 Å². The fourth-order valence-corrected chi connectivity index (χ4v) is 4.79. The lowest BCUT2D eigenvalue weighted by Gasteiger charge is -2.45. The molecule has 0 aromatic heterocycles. The summed E-state index contributed by atoms with van der Waals surface area (Å²) in [5.41, 5.74) is -0.586. The van der Waals surface area contributed by atoms with Crippen molar-refractivity contribution in [2.24, 2.45) is 5.41 Å². The number of likely N-dealkylation sites (tertiary alicyclic amines) is 3. The van der Waals surface area contributed by atoms with E-state index < -0.39 is 5.60 Å². The van der Waals surface area contributed by atoms with Crippen LogP contribution in [-0.4, -0.2) is 77.6 Å². The SMILES string of the molecule is CCN1CCC2(CCCN(C3CCN(C(=O)OC(C)(C)C)CC3)C2)C1=O. The van der Waals surface area contributed by atoms with Crippen LogP contribution in [0.15, 0.2) is 0 Å². The Labute approximate surface area is 157 Å². The van der Waals surface area contributed by atoms with Crippen molar-refractivity contribution in [2.75, 3.05) is 39.3 Å². The van der Waals surface area contributed by atoms with E-state index in [9.17, 15) is 9.59 Å². The summed E-state index contributed by atoms with van der Waals surface area (Å²) in [5, 5.41) is 0. The first-order valence-electron chi connectivity index (χ1n) is 10.3. The average Bonchev–Trinajstić information content (AvgIpc) is 2.89. The number of rotatable bonds is 2. The molecule has 0 aromatic carbocycles. The van der Waals surface area contributed by atoms with Gasteiger partial charge in [0.15, 0.2) is 0 Å². The van der Waals surface area contributed by atoms with Crippen LogP contribution in [-0.2, 0) is 9.53 Å². The van der Waals surface area contributed by atoms with Gasteiger partial charge in [-0.1, -0.05) is 0 Å². The third-order valence-electron chi connectivity index (χ3n) is 6.22. The maximum absolute atomic E-state index is 12.8. The number of hydrogen-bond acceptors (Lipinski definition) is 4. The van der Waals surface area contributed by atoms with E-state index in [1.807, 2.05) is 30.6 Å². The highest BCUT2D eigenvalue weighted by atomic mass is 16.6. The van der Waals surface area contributed by atoms with Crippen molar-refractivity contribution in [1.82, 2.24) is 14.7 Å². The summed E-state index contributed by atoms with van der Waals surface area (Å²) in [5.74, 6) is 0.371. The van der Waals surface area contributed by atoms with Crippen molar-refractivity contribution in [2.45, 2.75) is 71.4 Å². The van der Waals surface area contributed by atoms with Crippen molar-refractivity contribution in [1.29, 1.82) is 0 Å². The van der Waals surface area contributed by atoms with Gasteiger partial charge in [0.25, 0.3) is 0 Å². The first kappa shape index (κ1) is 19.5. The lowest BCUT2D eigenvalue weighted by Crippen LogP contribution is -2.54. The molecule has 26 heavy (non-hydrogen) atoms. The summed E-state index contributed by atoms with van der Waals surface area (Å²) in [6.45, 7) is 13.0. The number of hydrogen-bond donors (Lipinski definition) is 0. The monoisotopic (exact) mass is 365 g/mol. The van der Waals surface area contributed by atoms with Crippen LogP contribution < -0.4 is 0 Å². The lowest BCUT2D eigenvalue weighted by atomic mass is 9.77. The van der Waals surface area contributed by atoms with E-state index in [0.717, 1.165) is 71.4 Å². The molecule has 0 radical (unpaired) electrons. The van der Waals surface area contributed by atoms with E-state index in [-0.39, 0.29) is 11.5 Å². The Balaban J connectivity index is 1.55. The maximum atomic E-state index is 12.8. The minimum Gasteiger partial charge on any atom is -0.444 e. The lowest BCUT2D eigenvalue weighted by molar-refractivity contribution is -0.139. The molecule has 0 N–H and O–H groups in total. The van der Waals surface area contributed by atoms with Crippen LogP contribution in [0, 0.1) is 5.41 Å². The first-order valence-corrected chi connectivity index (χ1v) is 10.3. The molecule has 0 aromatic rings. The summed E-state index contributed by atoms with van der Waals surface area (Å²) in [6, 6.07) is 0.481. The Kier molecular flexibility index (Phi) is 5.52. The molecule has 3 saturated heterocycles. The molecular weight excluding hydrogens is 330 g/mol. The van der Waals surface area contributed by atoms with E-state index in [0.29, 0.717) is 11.9 Å². The summed E-state index contributed by atoms with van der Waals surface area (Å²) in [7, 11) is 0. The van der Waals surface area contributed by atoms with Gasteiger partial charge in [-0.2, -0.15) is 0 Å². The Hall–Kier alpha value is -1.30. The molecule has 0 bridgehead atoms. The maximum Gasteiger partial charge on any atom is 0.410 e. The Morgan fingerprint density at radius 3 is 2.42 bits per heavy atom. The molecule has 2 amide bonds. The van der Waals surface area contributed by atoms with Gasteiger partial charge in [-0.05, 0) is 66.3 Å². The molecule has 3 aliphatic heterocycles. The van der Waals surface area contributed by atoms with Gasteiger partial charge in [-0.25, -0.2) is 4.79 Å². The van der Waals surface area contributed by atoms with Gasteiger partial charge in [0.05, 0.1) is 5.41 Å². The van der Waals surface area contributed by atoms with Crippen LogP contribution in [0.4, 0.5) is 4.79 Å². The molecule has 1 atom stereocenters. The highest BCUT2D eigenvalue weighted by Crippen LogP contribution is 2.41. The minimum absolute atomic E-state index is 0.142. The van der Waals surface area contributed by atoms with Crippen LogP contribution in [0.5, 0.6) is 0 Å².